The van der Waals surface area contributed by atoms with Crippen LogP contribution in [0.4, 0.5) is 67.2 Å². The topological polar surface area (TPSA) is 41.6 Å². The third-order valence-electron chi connectivity index (χ3n) is 4.32. The van der Waals surface area contributed by atoms with Crippen molar-refractivity contribution in [3.05, 3.63) is 36.4 Å². The standard InChI is InChI=1S/C16H8F14N2O2/c1-2-7-3-5-8(6-4-7)31-9(33)10(17,11(18,19)20)12(21,22)32-13(23,24)15(27,28)34-16(29,30)14(32,25)26/h2-6H,1H2,(H,31,33)/t10-/m0/s1. The second-order valence-electron chi connectivity index (χ2n) is 6.53. The van der Waals surface area contributed by atoms with Crippen molar-refractivity contribution < 1.29 is 71.0 Å². The lowest BCUT2D eigenvalue weighted by Crippen LogP contribution is -2.82. The monoisotopic (exact) mass is 526 g/mol. The molecule has 0 bridgehead atoms. The number of carbonyl (C=O) groups is 1. The maximum absolute atomic E-state index is 14.7. The van der Waals surface area contributed by atoms with E-state index in [1.165, 1.54) is 0 Å². The Labute approximate surface area is 178 Å². The molecule has 0 aliphatic carbocycles. The summed E-state index contributed by atoms with van der Waals surface area (Å²) in [5.41, 5.74) is -7.97. The van der Waals surface area contributed by atoms with Crippen LogP contribution >= 0.6 is 0 Å². The lowest BCUT2D eigenvalue weighted by atomic mass is 9.98. The predicted molar refractivity (Wildman–Crippen MR) is 82.7 cm³/mol. The van der Waals surface area contributed by atoms with Gasteiger partial charge in [0.05, 0.1) is 0 Å². The van der Waals surface area contributed by atoms with Crippen molar-refractivity contribution in [3.63, 3.8) is 0 Å². The van der Waals surface area contributed by atoms with Gasteiger partial charge >= 0.3 is 42.2 Å². The second kappa shape index (κ2) is 7.69. The number of alkyl halides is 14. The van der Waals surface area contributed by atoms with E-state index < -0.39 is 58.7 Å². The van der Waals surface area contributed by atoms with Crippen LogP contribution in [0.1, 0.15) is 5.56 Å². The molecule has 0 aromatic heterocycles. The highest BCUT2D eigenvalue weighted by atomic mass is 19.4. The molecule has 0 unspecified atom stereocenters. The van der Waals surface area contributed by atoms with Gasteiger partial charge in [-0.15, -0.1) is 4.90 Å². The zero-order valence-electron chi connectivity index (χ0n) is 15.6. The Balaban J connectivity index is 2.72. The van der Waals surface area contributed by atoms with Gasteiger partial charge < -0.3 is 5.32 Å². The third-order valence-corrected chi connectivity index (χ3v) is 4.32. The second-order valence-corrected chi connectivity index (χ2v) is 6.53. The molecule has 0 spiro atoms. The minimum atomic E-state index is -7.79. The molecule has 192 valence electrons. The first-order valence-corrected chi connectivity index (χ1v) is 8.20. The summed E-state index contributed by atoms with van der Waals surface area (Å²) in [7, 11) is 0. The van der Waals surface area contributed by atoms with E-state index in [2.05, 4.69) is 6.58 Å². The molecule has 0 radical (unpaired) electrons. The molecule has 18 heteroatoms. The highest BCUT2D eigenvalue weighted by Crippen LogP contribution is 2.62. The van der Waals surface area contributed by atoms with Crippen LogP contribution in [-0.2, 0) is 9.53 Å². The summed E-state index contributed by atoms with van der Waals surface area (Å²) in [6.07, 6.45) is -20.3. The number of nitrogens with zero attached hydrogens (tertiary/aromatic N) is 1. The van der Waals surface area contributed by atoms with Crippen molar-refractivity contribution in [3.8, 4) is 0 Å². The molecule has 1 aromatic rings. The lowest BCUT2D eigenvalue weighted by molar-refractivity contribution is -0.592. The van der Waals surface area contributed by atoms with Gasteiger partial charge in [0, 0.05) is 5.69 Å². The minimum Gasteiger partial charge on any atom is -0.323 e. The van der Waals surface area contributed by atoms with Crippen molar-refractivity contribution in [1.82, 2.24) is 4.90 Å². The number of nitrogens with one attached hydrogen (secondary N) is 1. The first kappa shape index (κ1) is 27.6. The lowest BCUT2D eigenvalue weighted by Gasteiger charge is -2.51. The molecule has 1 N–H and O–H groups in total. The van der Waals surface area contributed by atoms with Gasteiger partial charge in [-0.2, -0.15) is 57.1 Å². The van der Waals surface area contributed by atoms with Crippen LogP contribution in [-0.4, -0.2) is 53.0 Å². The summed E-state index contributed by atoms with van der Waals surface area (Å²) in [4.78, 5) is 7.82. The van der Waals surface area contributed by atoms with E-state index in [-0.39, 0.29) is 5.56 Å². The smallest absolute Gasteiger partial charge is 0.323 e. The Morgan fingerprint density at radius 2 is 1.26 bits per heavy atom. The average molecular weight is 526 g/mol. The highest BCUT2D eigenvalue weighted by Gasteiger charge is 2.92. The Morgan fingerprint density at radius 1 is 0.853 bits per heavy atom. The molecule has 1 heterocycles. The first-order valence-electron chi connectivity index (χ1n) is 8.20. The number of amides is 1. The Bertz CT molecular complexity index is 933. The van der Waals surface area contributed by atoms with Gasteiger partial charge in [0.25, 0.3) is 5.91 Å². The van der Waals surface area contributed by atoms with Gasteiger partial charge in [0.15, 0.2) is 0 Å². The van der Waals surface area contributed by atoms with E-state index in [1.54, 1.807) is 0 Å². The molecule has 1 aliphatic heterocycles. The average Bonchev–Trinajstić information content (AvgIpc) is 2.64. The fraction of sp³-hybridized carbons (Fsp3) is 0.438. The van der Waals surface area contributed by atoms with Crippen LogP contribution in [0.25, 0.3) is 6.08 Å². The fourth-order valence-corrected chi connectivity index (χ4v) is 2.58. The summed E-state index contributed by atoms with van der Waals surface area (Å²) in [5.74, 6) is -3.68. The maximum atomic E-state index is 14.7. The largest absolute Gasteiger partial charge is 0.439 e. The van der Waals surface area contributed by atoms with Crippen molar-refractivity contribution >= 4 is 17.7 Å². The molecule has 1 amide bonds. The molecule has 1 aliphatic rings. The molecule has 2 rings (SSSR count). The Morgan fingerprint density at radius 3 is 1.62 bits per heavy atom. The first-order chi connectivity index (χ1) is 15.0. The number of anilines is 1. The van der Waals surface area contributed by atoms with Crippen LogP contribution < -0.4 is 5.32 Å². The fourth-order valence-electron chi connectivity index (χ4n) is 2.58. The number of rotatable bonds is 5. The Kier molecular flexibility index (Phi) is 6.24. The summed E-state index contributed by atoms with van der Waals surface area (Å²) in [6.45, 7) is 3.25. The van der Waals surface area contributed by atoms with E-state index in [4.69, 9.17) is 0 Å². The molecule has 0 saturated carbocycles. The molecule has 1 aromatic carbocycles. The highest BCUT2D eigenvalue weighted by molar-refractivity contribution is 5.99. The Hall–Kier alpha value is -2.63. The number of ether oxygens (including phenoxy) is 1. The van der Waals surface area contributed by atoms with Gasteiger partial charge in [0.1, 0.15) is 0 Å². The molecule has 4 nitrogen and oxygen atoms in total. The zero-order chi connectivity index (χ0) is 26.8. The van der Waals surface area contributed by atoms with E-state index in [9.17, 15) is 66.3 Å². The van der Waals surface area contributed by atoms with Crippen LogP contribution in [0, 0.1) is 0 Å². The molecule has 1 fully saturated rings. The summed E-state index contributed by atoms with van der Waals surface area (Å²) >= 11 is 0. The van der Waals surface area contributed by atoms with Crippen LogP contribution in [0.5, 0.6) is 0 Å². The normalized spacial score (nSPS) is 23.6. The number of benzene rings is 1. The molecular formula is C16H8F14N2O2. The quantitative estimate of drug-likeness (QED) is 0.388. The zero-order valence-corrected chi connectivity index (χ0v) is 15.6. The predicted octanol–water partition coefficient (Wildman–Crippen LogP) is 5.83. The van der Waals surface area contributed by atoms with Gasteiger partial charge in [-0.3, -0.25) is 4.79 Å². The number of hydrogen-bond donors (Lipinski definition) is 1. The molecule has 34 heavy (non-hydrogen) atoms. The number of morpholine rings is 1. The van der Waals surface area contributed by atoms with E-state index in [1.807, 2.05) is 4.74 Å². The van der Waals surface area contributed by atoms with Gasteiger partial charge in [-0.05, 0) is 17.7 Å². The number of carbonyl (C=O) groups excluding carboxylic acids is 1. The van der Waals surface area contributed by atoms with Crippen molar-refractivity contribution in [2.45, 2.75) is 42.2 Å². The summed E-state index contributed by atoms with van der Waals surface area (Å²) in [5, 5.41) is 0.811. The van der Waals surface area contributed by atoms with E-state index in [0.29, 0.717) is 12.1 Å². The van der Waals surface area contributed by atoms with Crippen LogP contribution in [0.2, 0.25) is 0 Å². The van der Waals surface area contributed by atoms with Gasteiger partial charge in [-0.25, -0.2) is 9.13 Å². The van der Waals surface area contributed by atoms with Gasteiger partial charge in [-0.1, -0.05) is 24.8 Å². The number of hydrogen-bond acceptors (Lipinski definition) is 3. The van der Waals surface area contributed by atoms with Crippen molar-refractivity contribution in [2.75, 3.05) is 5.32 Å². The van der Waals surface area contributed by atoms with E-state index >= 15 is 0 Å². The summed E-state index contributed by atoms with van der Waals surface area (Å²) < 4.78 is 193. The summed E-state index contributed by atoms with van der Waals surface area (Å²) in [6, 6.07) is -19.5. The molecule has 1 atom stereocenters. The molecular weight excluding hydrogens is 518 g/mol. The van der Waals surface area contributed by atoms with Crippen LogP contribution in [0.3, 0.4) is 0 Å². The van der Waals surface area contributed by atoms with Crippen LogP contribution in [0.15, 0.2) is 30.8 Å². The number of halogens is 14. The molecule has 1 saturated heterocycles. The van der Waals surface area contributed by atoms with E-state index in [0.717, 1.165) is 23.5 Å². The SMILES string of the molecule is C=Cc1ccc(NC(=O)[C@](F)(C(F)(F)F)C(F)(F)N2C(F)(F)C(F)(F)OC(F)(F)C2(F)F)cc1. The van der Waals surface area contributed by atoms with Gasteiger partial charge in [0.2, 0.25) is 0 Å². The third kappa shape index (κ3) is 3.75. The maximum Gasteiger partial charge on any atom is 0.439 e. The minimum absolute atomic E-state index is 0.197. The van der Waals surface area contributed by atoms with Crippen molar-refractivity contribution in [2.24, 2.45) is 0 Å². The van der Waals surface area contributed by atoms with Crippen molar-refractivity contribution in [1.29, 1.82) is 0 Å².